The molecule has 4 rings (SSSR count). The number of hydrogen-bond donors (Lipinski definition) is 1. The van der Waals surface area contributed by atoms with Gasteiger partial charge in [0.2, 0.25) is 0 Å². The number of nitrogens with one attached hydrogen (secondary N) is 1. The molecule has 0 unspecified atom stereocenters. The first kappa shape index (κ1) is 14.2. The van der Waals surface area contributed by atoms with Crippen LogP contribution in [0.5, 0.6) is 0 Å². The van der Waals surface area contributed by atoms with Gasteiger partial charge in [-0.15, -0.1) is 0 Å². The fourth-order valence-corrected chi connectivity index (χ4v) is 3.29. The molecule has 23 heavy (non-hydrogen) atoms. The van der Waals surface area contributed by atoms with E-state index in [2.05, 4.69) is 57.6 Å². The molecule has 3 aromatic carbocycles. The lowest BCUT2D eigenvalue weighted by Gasteiger charge is -2.08. The fraction of sp³-hybridized carbons (Fsp3) is 0.0500. The quantitative estimate of drug-likeness (QED) is 0.516. The second-order valence-electron chi connectivity index (χ2n) is 5.67. The third kappa shape index (κ3) is 2.68. The number of hydrogen-bond acceptors (Lipinski definition) is 1. The van der Waals surface area contributed by atoms with E-state index >= 15 is 0 Å². The first-order valence-electron chi connectivity index (χ1n) is 7.49. The van der Waals surface area contributed by atoms with E-state index in [-0.39, 0.29) is 5.91 Å². The lowest BCUT2D eigenvalue weighted by Crippen LogP contribution is -2.11. The van der Waals surface area contributed by atoms with E-state index in [1.807, 2.05) is 30.3 Å². The normalized spacial score (nSPS) is 11.7. The number of benzene rings is 3. The zero-order valence-electron chi connectivity index (χ0n) is 12.3. The second kappa shape index (κ2) is 5.67. The zero-order valence-corrected chi connectivity index (χ0v) is 13.9. The standard InChI is InChI=1S/C20H14BrNO/c21-16-7-5-13(6-8-16)20(23)22-17-9-10-19-15(12-17)11-14-3-1-2-4-18(14)19/h1-10,12H,11H2,(H,22,23). The Balaban J connectivity index is 1.59. The summed E-state index contributed by atoms with van der Waals surface area (Å²) in [6, 6.07) is 21.9. The van der Waals surface area contributed by atoms with E-state index in [9.17, 15) is 4.79 Å². The molecular weight excluding hydrogens is 350 g/mol. The number of fused-ring (bicyclic) bond motifs is 3. The molecular formula is C20H14BrNO. The van der Waals surface area contributed by atoms with Gasteiger partial charge in [-0.1, -0.05) is 46.3 Å². The number of amides is 1. The molecule has 0 aliphatic heterocycles. The monoisotopic (exact) mass is 363 g/mol. The Bertz CT molecular complexity index is 900. The van der Waals surface area contributed by atoms with Gasteiger partial charge in [0, 0.05) is 15.7 Å². The predicted octanol–water partition coefficient (Wildman–Crippen LogP) is 5.27. The van der Waals surface area contributed by atoms with Crippen molar-refractivity contribution in [2.75, 3.05) is 5.32 Å². The number of rotatable bonds is 2. The molecule has 0 aromatic heterocycles. The SMILES string of the molecule is O=C(Nc1ccc2c(c1)Cc1ccccc1-2)c1ccc(Br)cc1. The summed E-state index contributed by atoms with van der Waals surface area (Å²) in [5.74, 6) is -0.0899. The molecule has 0 atom stereocenters. The van der Waals surface area contributed by atoms with Gasteiger partial charge in [0.15, 0.2) is 0 Å². The number of anilines is 1. The Morgan fingerprint density at radius 1 is 0.870 bits per heavy atom. The molecule has 112 valence electrons. The highest BCUT2D eigenvalue weighted by Crippen LogP contribution is 2.37. The minimum atomic E-state index is -0.0899. The van der Waals surface area contributed by atoms with Crippen molar-refractivity contribution in [2.24, 2.45) is 0 Å². The summed E-state index contributed by atoms with van der Waals surface area (Å²) in [5.41, 5.74) is 6.66. The molecule has 0 spiro atoms. The van der Waals surface area contributed by atoms with Crippen molar-refractivity contribution in [3.63, 3.8) is 0 Å². The maximum Gasteiger partial charge on any atom is 0.255 e. The average molecular weight is 364 g/mol. The van der Waals surface area contributed by atoms with Crippen molar-refractivity contribution in [3.8, 4) is 11.1 Å². The first-order chi connectivity index (χ1) is 11.2. The zero-order chi connectivity index (χ0) is 15.8. The van der Waals surface area contributed by atoms with Crippen LogP contribution in [0.4, 0.5) is 5.69 Å². The Morgan fingerprint density at radius 3 is 2.43 bits per heavy atom. The number of halogens is 1. The van der Waals surface area contributed by atoms with Crippen molar-refractivity contribution in [3.05, 3.63) is 87.9 Å². The highest BCUT2D eigenvalue weighted by atomic mass is 79.9. The minimum absolute atomic E-state index is 0.0899. The fourth-order valence-electron chi connectivity index (χ4n) is 3.03. The van der Waals surface area contributed by atoms with Crippen LogP contribution in [0.3, 0.4) is 0 Å². The maximum atomic E-state index is 12.3. The average Bonchev–Trinajstić information content (AvgIpc) is 2.93. The summed E-state index contributed by atoms with van der Waals surface area (Å²) in [7, 11) is 0. The van der Waals surface area contributed by atoms with E-state index in [1.165, 1.54) is 22.3 Å². The summed E-state index contributed by atoms with van der Waals surface area (Å²) in [4.78, 5) is 12.3. The molecule has 0 bridgehead atoms. The van der Waals surface area contributed by atoms with Gasteiger partial charge in [-0.2, -0.15) is 0 Å². The van der Waals surface area contributed by atoms with Gasteiger partial charge in [-0.05, 0) is 65.1 Å². The van der Waals surface area contributed by atoms with Crippen molar-refractivity contribution in [2.45, 2.75) is 6.42 Å². The van der Waals surface area contributed by atoms with Gasteiger partial charge in [-0.25, -0.2) is 0 Å². The molecule has 0 radical (unpaired) electrons. The highest BCUT2D eigenvalue weighted by molar-refractivity contribution is 9.10. The van der Waals surface area contributed by atoms with Crippen LogP contribution in [0, 0.1) is 0 Å². The molecule has 1 aliphatic carbocycles. The summed E-state index contributed by atoms with van der Waals surface area (Å²) < 4.78 is 0.962. The topological polar surface area (TPSA) is 29.1 Å². The lowest BCUT2D eigenvalue weighted by atomic mass is 10.1. The Labute approximate surface area is 143 Å². The molecule has 1 N–H and O–H groups in total. The Kier molecular flexibility index (Phi) is 3.50. The van der Waals surface area contributed by atoms with Crippen molar-refractivity contribution >= 4 is 27.5 Å². The molecule has 3 heteroatoms. The van der Waals surface area contributed by atoms with E-state index in [0.29, 0.717) is 5.56 Å². The van der Waals surface area contributed by atoms with E-state index < -0.39 is 0 Å². The summed E-state index contributed by atoms with van der Waals surface area (Å²) in [6.45, 7) is 0. The molecule has 0 saturated heterocycles. The van der Waals surface area contributed by atoms with Gasteiger partial charge in [-0.3, -0.25) is 4.79 Å². The summed E-state index contributed by atoms with van der Waals surface area (Å²) >= 11 is 3.38. The third-order valence-electron chi connectivity index (χ3n) is 4.16. The van der Waals surface area contributed by atoms with E-state index in [0.717, 1.165) is 16.6 Å². The van der Waals surface area contributed by atoms with E-state index in [4.69, 9.17) is 0 Å². The van der Waals surface area contributed by atoms with Crippen LogP contribution in [0.15, 0.2) is 71.2 Å². The van der Waals surface area contributed by atoms with Gasteiger partial charge in [0.05, 0.1) is 0 Å². The van der Waals surface area contributed by atoms with Crippen molar-refractivity contribution < 1.29 is 4.79 Å². The second-order valence-corrected chi connectivity index (χ2v) is 6.58. The van der Waals surface area contributed by atoms with Crippen LogP contribution in [0.2, 0.25) is 0 Å². The molecule has 0 heterocycles. The van der Waals surface area contributed by atoms with Gasteiger partial charge in [0.1, 0.15) is 0 Å². The number of carbonyl (C=O) groups excluding carboxylic acids is 1. The smallest absolute Gasteiger partial charge is 0.255 e. The molecule has 1 aliphatic rings. The molecule has 0 saturated carbocycles. The van der Waals surface area contributed by atoms with Crippen LogP contribution in [0.25, 0.3) is 11.1 Å². The first-order valence-corrected chi connectivity index (χ1v) is 8.28. The largest absolute Gasteiger partial charge is 0.322 e. The lowest BCUT2D eigenvalue weighted by molar-refractivity contribution is 0.102. The molecule has 0 fully saturated rings. The van der Waals surface area contributed by atoms with Gasteiger partial charge in [0.25, 0.3) is 5.91 Å². The van der Waals surface area contributed by atoms with Crippen molar-refractivity contribution in [1.82, 2.24) is 0 Å². The molecule has 2 nitrogen and oxygen atoms in total. The summed E-state index contributed by atoms with van der Waals surface area (Å²) in [6.07, 6.45) is 0.924. The van der Waals surface area contributed by atoms with Crippen LogP contribution < -0.4 is 5.32 Å². The van der Waals surface area contributed by atoms with Crippen LogP contribution in [-0.4, -0.2) is 5.91 Å². The predicted molar refractivity (Wildman–Crippen MR) is 96.8 cm³/mol. The minimum Gasteiger partial charge on any atom is -0.322 e. The molecule has 1 amide bonds. The summed E-state index contributed by atoms with van der Waals surface area (Å²) in [5, 5.41) is 2.98. The third-order valence-corrected chi connectivity index (χ3v) is 4.69. The maximum absolute atomic E-state index is 12.3. The van der Waals surface area contributed by atoms with Crippen LogP contribution in [-0.2, 0) is 6.42 Å². The van der Waals surface area contributed by atoms with Crippen LogP contribution in [0.1, 0.15) is 21.5 Å². The number of carbonyl (C=O) groups is 1. The van der Waals surface area contributed by atoms with E-state index in [1.54, 1.807) is 0 Å². The molecule has 3 aromatic rings. The highest BCUT2D eigenvalue weighted by Gasteiger charge is 2.18. The van der Waals surface area contributed by atoms with Gasteiger partial charge >= 0.3 is 0 Å². The van der Waals surface area contributed by atoms with Crippen molar-refractivity contribution in [1.29, 1.82) is 0 Å². The van der Waals surface area contributed by atoms with Crippen LogP contribution >= 0.6 is 15.9 Å². The van der Waals surface area contributed by atoms with Gasteiger partial charge < -0.3 is 5.32 Å². The Morgan fingerprint density at radius 2 is 1.61 bits per heavy atom. The Hall–Kier alpha value is -2.39.